The van der Waals surface area contributed by atoms with Gasteiger partial charge in [0.1, 0.15) is 12.6 Å². The zero-order valence-electron chi connectivity index (χ0n) is 23.6. The molecule has 3 aromatic rings. The summed E-state index contributed by atoms with van der Waals surface area (Å²) in [7, 11) is -4.09. The summed E-state index contributed by atoms with van der Waals surface area (Å²) in [6.45, 7) is 11.0. The van der Waals surface area contributed by atoms with Gasteiger partial charge in [-0.2, -0.15) is 0 Å². The van der Waals surface area contributed by atoms with Crippen molar-refractivity contribution in [3.63, 3.8) is 0 Å². The Morgan fingerprint density at radius 1 is 0.872 bits per heavy atom. The fourth-order valence-corrected chi connectivity index (χ4v) is 5.90. The van der Waals surface area contributed by atoms with Crippen LogP contribution in [0.3, 0.4) is 0 Å². The van der Waals surface area contributed by atoms with E-state index in [1.54, 1.807) is 24.3 Å². The molecule has 3 rings (SSSR count). The highest BCUT2D eigenvalue weighted by atomic mass is 32.2. The minimum absolute atomic E-state index is 0.0911. The topological polar surface area (TPSA) is 86.8 Å². The molecule has 0 aromatic heterocycles. The molecule has 0 spiro atoms. The maximum Gasteiger partial charge on any atom is 0.264 e. The SMILES string of the molecule is CC[C@@H](C(=O)NC(C)C)N(Cc1ccc(C)cc1)C(=O)CN(c1cc(C)ccc1C)S(=O)(=O)c1ccccc1. The maximum atomic E-state index is 14.1. The zero-order chi connectivity index (χ0) is 28.7. The van der Waals surface area contributed by atoms with E-state index < -0.39 is 28.5 Å². The average Bonchev–Trinajstić information content (AvgIpc) is 2.89. The highest BCUT2D eigenvalue weighted by Gasteiger charge is 2.34. The van der Waals surface area contributed by atoms with Crippen LogP contribution in [-0.2, 0) is 26.2 Å². The van der Waals surface area contributed by atoms with Crippen LogP contribution < -0.4 is 9.62 Å². The molecule has 0 saturated carbocycles. The van der Waals surface area contributed by atoms with Crippen LogP contribution in [0.2, 0.25) is 0 Å². The molecule has 208 valence electrons. The number of nitrogens with zero attached hydrogens (tertiary/aromatic N) is 2. The monoisotopic (exact) mass is 549 g/mol. The number of nitrogens with one attached hydrogen (secondary N) is 1. The van der Waals surface area contributed by atoms with Gasteiger partial charge in [0.2, 0.25) is 11.8 Å². The van der Waals surface area contributed by atoms with Crippen molar-refractivity contribution in [2.45, 2.75) is 71.5 Å². The molecule has 39 heavy (non-hydrogen) atoms. The largest absolute Gasteiger partial charge is 0.352 e. The van der Waals surface area contributed by atoms with E-state index in [2.05, 4.69) is 5.32 Å². The Kier molecular flexibility index (Phi) is 9.92. The smallest absolute Gasteiger partial charge is 0.264 e. The van der Waals surface area contributed by atoms with Gasteiger partial charge in [-0.05, 0) is 75.9 Å². The van der Waals surface area contributed by atoms with Gasteiger partial charge < -0.3 is 10.2 Å². The van der Waals surface area contributed by atoms with E-state index in [-0.39, 0.29) is 23.4 Å². The summed E-state index contributed by atoms with van der Waals surface area (Å²) in [4.78, 5) is 28.9. The Balaban J connectivity index is 2.09. The van der Waals surface area contributed by atoms with E-state index in [1.165, 1.54) is 21.3 Å². The summed E-state index contributed by atoms with van der Waals surface area (Å²) >= 11 is 0. The Morgan fingerprint density at radius 3 is 2.08 bits per heavy atom. The molecule has 0 fully saturated rings. The first-order valence-corrected chi connectivity index (χ1v) is 14.7. The van der Waals surface area contributed by atoms with Crippen LogP contribution in [0, 0.1) is 20.8 Å². The molecule has 0 unspecified atom stereocenters. The van der Waals surface area contributed by atoms with Crippen molar-refractivity contribution in [2.75, 3.05) is 10.8 Å². The molecule has 3 aromatic carbocycles. The van der Waals surface area contributed by atoms with Crippen LogP contribution in [0.25, 0.3) is 0 Å². The number of hydrogen-bond acceptors (Lipinski definition) is 4. The van der Waals surface area contributed by atoms with Gasteiger partial charge in [-0.1, -0.05) is 67.1 Å². The molecular formula is C31H39N3O4S. The third-order valence-corrected chi connectivity index (χ3v) is 8.31. The minimum Gasteiger partial charge on any atom is -0.352 e. The van der Waals surface area contributed by atoms with E-state index in [0.717, 1.165) is 22.3 Å². The van der Waals surface area contributed by atoms with Gasteiger partial charge in [0.25, 0.3) is 10.0 Å². The molecule has 1 N–H and O–H groups in total. The third-order valence-electron chi connectivity index (χ3n) is 6.53. The molecular weight excluding hydrogens is 510 g/mol. The number of carbonyl (C=O) groups excluding carboxylic acids is 2. The van der Waals surface area contributed by atoms with Gasteiger partial charge in [-0.15, -0.1) is 0 Å². The van der Waals surface area contributed by atoms with E-state index >= 15 is 0 Å². The van der Waals surface area contributed by atoms with Crippen molar-refractivity contribution in [3.05, 3.63) is 95.1 Å². The van der Waals surface area contributed by atoms with Gasteiger partial charge in [-0.25, -0.2) is 8.42 Å². The normalized spacial score (nSPS) is 12.2. The van der Waals surface area contributed by atoms with Gasteiger partial charge in [-0.3, -0.25) is 13.9 Å². The average molecular weight is 550 g/mol. The predicted molar refractivity (Wildman–Crippen MR) is 156 cm³/mol. The maximum absolute atomic E-state index is 14.1. The Hall–Kier alpha value is -3.65. The highest BCUT2D eigenvalue weighted by molar-refractivity contribution is 7.92. The number of hydrogen-bond donors (Lipinski definition) is 1. The lowest BCUT2D eigenvalue weighted by Crippen LogP contribution is -2.53. The second kappa shape index (κ2) is 12.9. The summed E-state index contributed by atoms with van der Waals surface area (Å²) in [5.74, 6) is -0.723. The zero-order valence-corrected chi connectivity index (χ0v) is 24.5. The van der Waals surface area contributed by atoms with E-state index in [4.69, 9.17) is 0 Å². The Morgan fingerprint density at radius 2 is 1.49 bits per heavy atom. The van der Waals surface area contributed by atoms with Crippen LogP contribution in [0.15, 0.2) is 77.7 Å². The molecule has 0 bridgehead atoms. The lowest BCUT2D eigenvalue weighted by molar-refractivity contribution is -0.140. The van der Waals surface area contributed by atoms with E-state index in [1.807, 2.05) is 77.9 Å². The van der Waals surface area contributed by atoms with Crippen molar-refractivity contribution in [2.24, 2.45) is 0 Å². The predicted octanol–water partition coefficient (Wildman–Crippen LogP) is 5.14. The molecule has 0 heterocycles. The van der Waals surface area contributed by atoms with Crippen LogP contribution in [0.1, 0.15) is 49.4 Å². The molecule has 0 saturated heterocycles. The lowest BCUT2D eigenvalue weighted by atomic mass is 10.1. The first-order valence-electron chi connectivity index (χ1n) is 13.2. The van der Waals surface area contributed by atoms with Gasteiger partial charge in [0.05, 0.1) is 10.6 Å². The standard InChI is InChI=1S/C31H39N3O4S/c1-7-28(31(36)32-22(2)3)33(20-26-17-14-23(4)15-18-26)30(35)21-34(29-19-24(5)13-16-25(29)6)39(37,38)27-11-9-8-10-12-27/h8-19,22,28H,7,20-21H2,1-6H3,(H,32,36)/t28-/m0/s1. The molecule has 0 aliphatic carbocycles. The van der Waals surface area contributed by atoms with Crippen molar-refractivity contribution >= 4 is 27.5 Å². The second-order valence-corrected chi connectivity index (χ2v) is 12.1. The van der Waals surface area contributed by atoms with E-state index in [9.17, 15) is 18.0 Å². The Bertz CT molecular complexity index is 1390. The van der Waals surface area contributed by atoms with Crippen LogP contribution in [0.5, 0.6) is 0 Å². The highest BCUT2D eigenvalue weighted by Crippen LogP contribution is 2.28. The summed E-state index contributed by atoms with van der Waals surface area (Å²) < 4.78 is 29.1. The molecule has 8 heteroatoms. The van der Waals surface area contributed by atoms with Gasteiger partial charge in [0.15, 0.2) is 0 Å². The van der Waals surface area contributed by atoms with Crippen molar-refractivity contribution < 1.29 is 18.0 Å². The van der Waals surface area contributed by atoms with Crippen molar-refractivity contribution in [1.82, 2.24) is 10.2 Å². The Labute approximate surface area is 232 Å². The quantitative estimate of drug-likeness (QED) is 0.359. The van der Waals surface area contributed by atoms with Gasteiger partial charge in [0, 0.05) is 12.6 Å². The molecule has 1 atom stereocenters. The molecule has 7 nitrogen and oxygen atoms in total. The van der Waals surface area contributed by atoms with Crippen LogP contribution in [0.4, 0.5) is 5.69 Å². The molecule has 0 aliphatic heterocycles. The van der Waals surface area contributed by atoms with Crippen molar-refractivity contribution in [1.29, 1.82) is 0 Å². The number of aryl methyl sites for hydroxylation is 3. The van der Waals surface area contributed by atoms with Crippen molar-refractivity contribution in [3.8, 4) is 0 Å². The fraction of sp³-hybridized carbons (Fsp3) is 0.355. The van der Waals surface area contributed by atoms with Gasteiger partial charge >= 0.3 is 0 Å². The number of carbonyl (C=O) groups is 2. The summed E-state index contributed by atoms with van der Waals surface area (Å²) in [5.41, 5.74) is 3.96. The number of anilines is 1. The third kappa shape index (κ3) is 7.47. The van der Waals surface area contributed by atoms with Crippen LogP contribution in [-0.4, -0.2) is 43.8 Å². The van der Waals surface area contributed by atoms with Crippen LogP contribution >= 0.6 is 0 Å². The minimum atomic E-state index is -4.09. The first kappa shape index (κ1) is 29.9. The summed E-state index contributed by atoms with van der Waals surface area (Å²) in [5, 5.41) is 2.92. The molecule has 2 amide bonds. The van der Waals surface area contributed by atoms with E-state index in [0.29, 0.717) is 12.1 Å². The number of rotatable bonds is 11. The fourth-order valence-electron chi connectivity index (χ4n) is 4.41. The lowest BCUT2D eigenvalue weighted by Gasteiger charge is -2.34. The number of sulfonamides is 1. The second-order valence-electron chi connectivity index (χ2n) is 10.2. The summed E-state index contributed by atoms with van der Waals surface area (Å²) in [6.07, 6.45) is 0.380. The summed E-state index contributed by atoms with van der Waals surface area (Å²) in [6, 6.07) is 20.5. The first-order chi connectivity index (χ1) is 18.4. The molecule has 0 aliphatic rings. The number of benzene rings is 3. The molecule has 0 radical (unpaired) electrons. The number of amides is 2.